The highest BCUT2D eigenvalue weighted by Crippen LogP contribution is 2.69. The van der Waals surface area contributed by atoms with Crippen LogP contribution < -0.4 is 0 Å². The van der Waals surface area contributed by atoms with Gasteiger partial charge >= 0.3 is 0 Å². The van der Waals surface area contributed by atoms with E-state index in [-0.39, 0.29) is 35.9 Å². The lowest BCUT2D eigenvalue weighted by Gasteiger charge is -2.60. The lowest BCUT2D eigenvalue weighted by Crippen LogP contribution is -2.63. The van der Waals surface area contributed by atoms with E-state index in [1.54, 1.807) is 5.01 Å². The van der Waals surface area contributed by atoms with Gasteiger partial charge in [-0.3, -0.25) is 0 Å². The Morgan fingerprint density at radius 1 is 1.24 bits per heavy atom. The summed E-state index contributed by atoms with van der Waals surface area (Å²) in [6.07, 6.45) is 8.57. The number of rotatable bonds is 6. The standard InChI is InChI=1S/C32H42BrN3O5/c1-19-40-28-15-24-23-11-10-21-14-22(35-39-18-20-8-6-7-9-25(20)33)12-13-30(21,2)29(23)26(38)16-31(24,3)32(28,41-19)27(17-37)34-36(4)5/h6-9,12-14,19,23-24,26,28-29,37-38H,10-11,15-18H2,1-5H3/b34-27?,35-22-/t19?,23-,24-,26-,28+,29+,30-,31-,32+/m0/s1. The van der Waals surface area contributed by atoms with E-state index >= 15 is 0 Å². The number of aliphatic hydroxyl groups is 2. The maximum Gasteiger partial charge on any atom is 0.156 e. The van der Waals surface area contributed by atoms with Crippen molar-refractivity contribution in [3.05, 3.63) is 58.1 Å². The number of aliphatic hydroxyl groups excluding tert-OH is 2. The molecule has 1 aromatic rings. The molecule has 9 atom stereocenters. The van der Waals surface area contributed by atoms with Crippen LogP contribution in [0.2, 0.25) is 0 Å². The molecule has 0 radical (unpaired) electrons. The average molecular weight is 629 g/mol. The largest absolute Gasteiger partial charge is 0.393 e. The van der Waals surface area contributed by atoms with Crippen LogP contribution in [0.4, 0.5) is 0 Å². The van der Waals surface area contributed by atoms with Gasteiger partial charge in [-0.25, -0.2) is 0 Å². The van der Waals surface area contributed by atoms with Crippen LogP contribution in [-0.4, -0.2) is 71.4 Å². The van der Waals surface area contributed by atoms with Gasteiger partial charge in [0, 0.05) is 40.9 Å². The van der Waals surface area contributed by atoms with Gasteiger partial charge in [0.05, 0.1) is 24.5 Å². The number of ether oxygens (including phenoxy) is 2. The highest BCUT2D eigenvalue weighted by Gasteiger charge is 2.74. The number of oxime groups is 1. The topological polar surface area (TPSA) is 96.1 Å². The first-order valence-electron chi connectivity index (χ1n) is 14.7. The molecule has 41 heavy (non-hydrogen) atoms. The average Bonchev–Trinajstić information content (AvgIpc) is 3.38. The van der Waals surface area contributed by atoms with Crippen molar-refractivity contribution in [1.82, 2.24) is 5.01 Å². The van der Waals surface area contributed by atoms with E-state index < -0.39 is 23.4 Å². The fourth-order valence-corrected chi connectivity index (χ4v) is 9.49. The van der Waals surface area contributed by atoms with Crippen molar-refractivity contribution in [3.63, 3.8) is 0 Å². The van der Waals surface area contributed by atoms with E-state index in [0.717, 1.165) is 35.0 Å². The summed E-state index contributed by atoms with van der Waals surface area (Å²) < 4.78 is 14.0. The van der Waals surface area contributed by atoms with Crippen LogP contribution in [0.25, 0.3) is 0 Å². The van der Waals surface area contributed by atoms with E-state index in [2.05, 4.69) is 47.1 Å². The molecule has 1 aromatic carbocycles. The third-order valence-electron chi connectivity index (χ3n) is 10.6. The van der Waals surface area contributed by atoms with E-state index in [0.29, 0.717) is 18.7 Å². The van der Waals surface area contributed by atoms with Gasteiger partial charge in [0.25, 0.3) is 0 Å². The van der Waals surface area contributed by atoms with Gasteiger partial charge in [0.2, 0.25) is 0 Å². The van der Waals surface area contributed by atoms with Crippen LogP contribution in [0.5, 0.6) is 0 Å². The Balaban J connectivity index is 1.28. The van der Waals surface area contributed by atoms with Crippen LogP contribution in [0.3, 0.4) is 0 Å². The number of benzene rings is 1. The molecule has 0 bridgehead atoms. The predicted octanol–water partition coefficient (Wildman–Crippen LogP) is 5.05. The molecule has 0 aromatic heterocycles. The third kappa shape index (κ3) is 4.46. The normalized spacial score (nSPS) is 42.3. The van der Waals surface area contributed by atoms with Crippen molar-refractivity contribution >= 4 is 27.4 Å². The quantitative estimate of drug-likeness (QED) is 0.338. The Bertz CT molecular complexity index is 1310. The van der Waals surface area contributed by atoms with Crippen molar-refractivity contribution in [1.29, 1.82) is 0 Å². The first-order chi connectivity index (χ1) is 19.5. The first-order valence-corrected chi connectivity index (χ1v) is 15.5. The van der Waals surface area contributed by atoms with E-state index in [4.69, 9.17) is 19.4 Å². The maximum atomic E-state index is 12.0. The fourth-order valence-electron chi connectivity index (χ4n) is 9.09. The SMILES string of the molecule is CC1O[C@@H]2C[C@H]3[C@@H]4CCC5=C/C(=N\OCc6ccccc6Br)C=C[C@]5(C)[C@H]4[C@@H](O)C[C@]3(C)[C@]2(C(CO)=NN(C)C)O1. The highest BCUT2D eigenvalue weighted by molar-refractivity contribution is 9.10. The molecule has 0 amide bonds. The molecule has 9 heteroatoms. The Morgan fingerprint density at radius 3 is 2.76 bits per heavy atom. The molecule has 1 aliphatic heterocycles. The molecule has 6 rings (SSSR count). The second-order valence-electron chi connectivity index (χ2n) is 13.0. The minimum absolute atomic E-state index is 0.0660. The summed E-state index contributed by atoms with van der Waals surface area (Å²) in [4.78, 5) is 5.72. The van der Waals surface area contributed by atoms with Gasteiger partial charge in [-0.2, -0.15) is 5.10 Å². The molecule has 2 N–H and O–H groups in total. The van der Waals surface area contributed by atoms with Gasteiger partial charge < -0.3 is 29.5 Å². The lowest BCUT2D eigenvalue weighted by molar-refractivity contribution is -0.171. The van der Waals surface area contributed by atoms with Crippen LogP contribution >= 0.6 is 15.9 Å². The second kappa shape index (κ2) is 10.6. The summed E-state index contributed by atoms with van der Waals surface area (Å²) in [5.74, 6) is 0.614. The molecule has 0 spiro atoms. The molecule has 1 heterocycles. The third-order valence-corrected chi connectivity index (χ3v) is 11.4. The molecule has 222 valence electrons. The van der Waals surface area contributed by atoms with Crippen LogP contribution in [-0.2, 0) is 20.9 Å². The minimum atomic E-state index is -0.869. The zero-order valence-electron chi connectivity index (χ0n) is 24.6. The Kier molecular flexibility index (Phi) is 7.51. The van der Waals surface area contributed by atoms with Crippen molar-refractivity contribution in [2.24, 2.45) is 38.8 Å². The molecular formula is C32H42BrN3O5. The fraction of sp³-hybridized carbons (Fsp3) is 0.625. The summed E-state index contributed by atoms with van der Waals surface area (Å²) >= 11 is 3.57. The second-order valence-corrected chi connectivity index (χ2v) is 13.9. The summed E-state index contributed by atoms with van der Waals surface area (Å²) in [5.41, 5.74) is 2.17. The molecule has 4 fully saturated rings. The van der Waals surface area contributed by atoms with Crippen molar-refractivity contribution in [3.8, 4) is 0 Å². The number of hydrazone groups is 1. The number of fused-ring (bicyclic) bond motifs is 7. The maximum absolute atomic E-state index is 12.0. The monoisotopic (exact) mass is 627 g/mol. The zero-order valence-corrected chi connectivity index (χ0v) is 26.2. The van der Waals surface area contributed by atoms with E-state index in [1.165, 1.54) is 5.57 Å². The molecule has 1 unspecified atom stereocenters. The Hall–Kier alpha value is -2.04. The molecule has 8 nitrogen and oxygen atoms in total. The number of halogens is 1. The van der Waals surface area contributed by atoms with Crippen molar-refractivity contribution in [2.45, 2.75) is 77.2 Å². The summed E-state index contributed by atoms with van der Waals surface area (Å²) in [6, 6.07) is 7.98. The lowest BCUT2D eigenvalue weighted by atomic mass is 9.46. The smallest absolute Gasteiger partial charge is 0.156 e. The molecule has 3 saturated carbocycles. The van der Waals surface area contributed by atoms with Gasteiger partial charge in [0.1, 0.15) is 17.9 Å². The van der Waals surface area contributed by atoms with Crippen molar-refractivity contribution < 1.29 is 24.5 Å². The molecule has 5 aliphatic rings. The predicted molar refractivity (Wildman–Crippen MR) is 161 cm³/mol. The Morgan fingerprint density at radius 2 is 2.02 bits per heavy atom. The summed E-state index contributed by atoms with van der Waals surface area (Å²) in [5, 5.41) is 33.4. The highest BCUT2D eigenvalue weighted by atomic mass is 79.9. The number of nitrogens with zero attached hydrogens (tertiary/aromatic N) is 3. The van der Waals surface area contributed by atoms with Crippen LogP contribution in [0.15, 0.2) is 62.8 Å². The summed E-state index contributed by atoms with van der Waals surface area (Å²) in [6.45, 7) is 6.59. The number of hydrogen-bond donors (Lipinski definition) is 2. The van der Waals surface area contributed by atoms with Gasteiger partial charge in [0.15, 0.2) is 6.29 Å². The molecular weight excluding hydrogens is 586 g/mol. The van der Waals surface area contributed by atoms with E-state index in [1.807, 2.05) is 51.4 Å². The Labute approximate surface area is 251 Å². The minimum Gasteiger partial charge on any atom is -0.393 e. The van der Waals surface area contributed by atoms with Crippen LogP contribution in [0.1, 0.15) is 52.0 Å². The number of allylic oxidation sites excluding steroid dienone is 4. The first kappa shape index (κ1) is 29.1. The van der Waals surface area contributed by atoms with Gasteiger partial charge in [-0.15, -0.1) is 0 Å². The van der Waals surface area contributed by atoms with E-state index in [9.17, 15) is 10.2 Å². The van der Waals surface area contributed by atoms with Crippen molar-refractivity contribution in [2.75, 3.05) is 20.7 Å². The molecule has 4 aliphatic carbocycles. The number of hydrogen-bond acceptors (Lipinski definition) is 8. The van der Waals surface area contributed by atoms with Gasteiger partial charge in [-0.1, -0.05) is 64.8 Å². The summed E-state index contributed by atoms with van der Waals surface area (Å²) in [7, 11) is 3.71. The van der Waals surface area contributed by atoms with Crippen LogP contribution in [0, 0.1) is 28.6 Å². The zero-order chi connectivity index (χ0) is 29.2. The van der Waals surface area contributed by atoms with Gasteiger partial charge in [-0.05, 0) is 62.7 Å². The molecule has 1 saturated heterocycles.